The Kier molecular flexibility index (Phi) is 5.34. The highest BCUT2D eigenvalue weighted by Gasteiger charge is 2.27. The topological polar surface area (TPSA) is 67.9 Å². The average Bonchev–Trinajstić information content (AvgIpc) is 2.78. The summed E-state index contributed by atoms with van der Waals surface area (Å²) < 4.78 is 5.66. The Morgan fingerprint density at radius 3 is 3.00 bits per heavy atom. The van der Waals surface area contributed by atoms with Crippen molar-refractivity contribution in [1.82, 2.24) is 4.90 Å². The van der Waals surface area contributed by atoms with Crippen LogP contribution in [-0.4, -0.2) is 41.6 Å². The first kappa shape index (κ1) is 13.1. The van der Waals surface area contributed by atoms with Gasteiger partial charge in [-0.15, -0.1) is 11.8 Å². The van der Waals surface area contributed by atoms with E-state index in [1.54, 1.807) is 31.1 Å². The first-order valence-electron chi connectivity index (χ1n) is 5.11. The van der Waals surface area contributed by atoms with Crippen molar-refractivity contribution >= 4 is 24.0 Å². The molecule has 2 N–H and O–H groups in total. The van der Waals surface area contributed by atoms with Crippen LogP contribution in [0.5, 0.6) is 0 Å². The highest BCUT2D eigenvalue weighted by atomic mass is 32.2. The predicted molar refractivity (Wildman–Crippen MR) is 66.0 cm³/mol. The quantitative estimate of drug-likeness (QED) is 0.440. The number of amides is 1. The van der Waals surface area contributed by atoms with E-state index in [1.165, 1.54) is 4.90 Å². The van der Waals surface area contributed by atoms with Gasteiger partial charge in [-0.1, -0.05) is 6.92 Å². The number of hydrogen-bond acceptors (Lipinski definition) is 4. The summed E-state index contributed by atoms with van der Waals surface area (Å²) >= 11 is 1.72. The summed E-state index contributed by atoms with van der Waals surface area (Å²) in [6, 6.07) is 0. The SMILES string of the molecule is CCC1OC(N(C=O)/C=C\C(N)=NC)CS1. The van der Waals surface area contributed by atoms with Crippen LogP contribution in [0.25, 0.3) is 0 Å². The van der Waals surface area contributed by atoms with Gasteiger partial charge in [0.25, 0.3) is 0 Å². The smallest absolute Gasteiger partial charge is 0.215 e. The molecule has 0 aromatic carbocycles. The summed E-state index contributed by atoms with van der Waals surface area (Å²) in [5, 5.41) is 0. The van der Waals surface area contributed by atoms with Gasteiger partial charge < -0.3 is 10.5 Å². The van der Waals surface area contributed by atoms with Gasteiger partial charge in [-0.25, -0.2) is 0 Å². The molecule has 0 saturated carbocycles. The highest BCUT2D eigenvalue weighted by molar-refractivity contribution is 8.00. The number of aliphatic imine (C=N–C) groups is 1. The second-order valence-electron chi connectivity index (χ2n) is 3.28. The largest absolute Gasteiger partial charge is 0.384 e. The fourth-order valence-corrected chi connectivity index (χ4v) is 2.32. The molecule has 16 heavy (non-hydrogen) atoms. The third kappa shape index (κ3) is 3.53. The Bertz CT molecular complexity index is 294. The van der Waals surface area contributed by atoms with Crippen molar-refractivity contribution in [2.75, 3.05) is 12.8 Å². The van der Waals surface area contributed by atoms with Crippen molar-refractivity contribution in [3.8, 4) is 0 Å². The molecule has 90 valence electrons. The molecule has 1 amide bonds. The molecule has 1 aliphatic rings. The molecule has 0 radical (unpaired) electrons. The van der Waals surface area contributed by atoms with Gasteiger partial charge in [-0.3, -0.25) is 14.7 Å². The zero-order chi connectivity index (χ0) is 12.0. The summed E-state index contributed by atoms with van der Waals surface area (Å²) in [5.74, 6) is 1.16. The molecule has 1 aliphatic heterocycles. The fraction of sp³-hybridized carbons (Fsp3) is 0.600. The van der Waals surface area contributed by atoms with Crippen LogP contribution in [0.2, 0.25) is 0 Å². The molecule has 6 heteroatoms. The van der Waals surface area contributed by atoms with Gasteiger partial charge >= 0.3 is 0 Å². The number of carbonyl (C=O) groups is 1. The van der Waals surface area contributed by atoms with Crippen LogP contribution in [0.1, 0.15) is 13.3 Å². The summed E-state index contributed by atoms with van der Waals surface area (Å²) in [5.41, 5.74) is 5.68. The van der Waals surface area contributed by atoms with Crippen LogP contribution >= 0.6 is 11.8 Å². The third-order valence-corrected chi connectivity index (χ3v) is 3.49. The minimum atomic E-state index is -0.201. The van der Waals surface area contributed by atoms with E-state index in [0.717, 1.165) is 18.6 Å². The predicted octanol–water partition coefficient (Wildman–Crippen LogP) is 0.771. The van der Waals surface area contributed by atoms with Crippen molar-refractivity contribution < 1.29 is 9.53 Å². The van der Waals surface area contributed by atoms with Crippen molar-refractivity contribution in [3.63, 3.8) is 0 Å². The maximum Gasteiger partial charge on any atom is 0.215 e. The number of rotatable bonds is 5. The first-order chi connectivity index (χ1) is 7.71. The third-order valence-electron chi connectivity index (χ3n) is 2.20. The number of nitrogens with two attached hydrogens (primary N) is 1. The number of hydrogen-bond donors (Lipinski definition) is 1. The molecule has 0 aliphatic carbocycles. The van der Waals surface area contributed by atoms with Gasteiger partial charge in [0.05, 0.1) is 0 Å². The second kappa shape index (κ2) is 6.55. The Labute approximate surface area is 99.7 Å². The summed E-state index contributed by atoms with van der Waals surface area (Å²) in [6.07, 6.45) is 4.66. The van der Waals surface area contributed by atoms with Gasteiger partial charge in [0.1, 0.15) is 17.5 Å². The van der Waals surface area contributed by atoms with Crippen LogP contribution < -0.4 is 5.73 Å². The van der Waals surface area contributed by atoms with E-state index < -0.39 is 0 Å². The molecule has 1 fully saturated rings. The first-order valence-corrected chi connectivity index (χ1v) is 6.16. The standard InChI is InChI=1S/C10H17N3O2S/c1-3-10-15-9(6-16-10)13(7-14)5-4-8(11)12-2/h4-5,7,9-10H,3,6H2,1-2H3,(H2,11,12)/b5-4-. The number of thioether (sulfide) groups is 1. The summed E-state index contributed by atoms with van der Waals surface area (Å²) in [4.78, 5) is 16.1. The van der Waals surface area contributed by atoms with Crippen LogP contribution in [0, 0.1) is 0 Å². The molecule has 1 saturated heterocycles. The molecular formula is C10H17N3O2S. The minimum Gasteiger partial charge on any atom is -0.384 e. The number of ether oxygens (including phenoxy) is 1. The Hall–Kier alpha value is -1.01. The Morgan fingerprint density at radius 2 is 2.50 bits per heavy atom. The van der Waals surface area contributed by atoms with Crippen molar-refractivity contribution in [2.45, 2.75) is 25.0 Å². The zero-order valence-electron chi connectivity index (χ0n) is 9.50. The van der Waals surface area contributed by atoms with Gasteiger partial charge in [0.15, 0.2) is 0 Å². The fourth-order valence-electron chi connectivity index (χ4n) is 1.25. The lowest BCUT2D eigenvalue weighted by Gasteiger charge is -2.19. The molecule has 2 atom stereocenters. The van der Waals surface area contributed by atoms with E-state index in [0.29, 0.717) is 5.84 Å². The Balaban J connectivity index is 2.55. The second-order valence-corrected chi connectivity index (χ2v) is 4.47. The lowest BCUT2D eigenvalue weighted by atomic mass is 10.5. The monoisotopic (exact) mass is 243 g/mol. The molecule has 0 spiro atoms. The van der Waals surface area contributed by atoms with Crippen LogP contribution in [-0.2, 0) is 9.53 Å². The van der Waals surface area contributed by atoms with E-state index in [4.69, 9.17) is 10.5 Å². The molecule has 0 bridgehead atoms. The van der Waals surface area contributed by atoms with Gasteiger partial charge in [-0.05, 0) is 12.5 Å². The van der Waals surface area contributed by atoms with E-state index >= 15 is 0 Å². The van der Waals surface area contributed by atoms with Gasteiger partial charge in [0, 0.05) is 19.0 Å². The summed E-state index contributed by atoms with van der Waals surface area (Å²) in [6.45, 7) is 2.06. The average molecular weight is 243 g/mol. The van der Waals surface area contributed by atoms with Crippen LogP contribution in [0.15, 0.2) is 17.3 Å². The number of carbonyl (C=O) groups excluding carboxylic acids is 1. The maximum atomic E-state index is 10.9. The molecule has 1 rings (SSSR count). The van der Waals surface area contributed by atoms with Crippen molar-refractivity contribution in [2.24, 2.45) is 10.7 Å². The van der Waals surface area contributed by atoms with Crippen molar-refractivity contribution in [1.29, 1.82) is 0 Å². The van der Waals surface area contributed by atoms with Gasteiger partial charge in [-0.2, -0.15) is 0 Å². The lowest BCUT2D eigenvalue weighted by molar-refractivity contribution is -0.125. The van der Waals surface area contributed by atoms with E-state index in [9.17, 15) is 4.79 Å². The van der Waals surface area contributed by atoms with Gasteiger partial charge in [0.2, 0.25) is 6.41 Å². The lowest BCUT2D eigenvalue weighted by Crippen LogP contribution is -2.32. The number of nitrogens with zero attached hydrogens (tertiary/aromatic N) is 2. The maximum absolute atomic E-state index is 10.9. The number of amidine groups is 1. The molecule has 0 aromatic rings. The van der Waals surface area contributed by atoms with Crippen LogP contribution in [0.3, 0.4) is 0 Å². The normalized spacial score (nSPS) is 26.2. The Morgan fingerprint density at radius 1 is 1.75 bits per heavy atom. The molecule has 1 heterocycles. The van der Waals surface area contributed by atoms with E-state index in [-0.39, 0.29) is 11.7 Å². The van der Waals surface area contributed by atoms with E-state index in [1.807, 2.05) is 0 Å². The molecular weight excluding hydrogens is 226 g/mol. The molecule has 2 unspecified atom stereocenters. The van der Waals surface area contributed by atoms with E-state index in [2.05, 4.69) is 11.9 Å². The summed E-state index contributed by atoms with van der Waals surface area (Å²) in [7, 11) is 1.60. The van der Waals surface area contributed by atoms with Crippen molar-refractivity contribution in [3.05, 3.63) is 12.3 Å². The highest BCUT2D eigenvalue weighted by Crippen LogP contribution is 2.28. The van der Waals surface area contributed by atoms with Crippen LogP contribution in [0.4, 0.5) is 0 Å². The molecule has 0 aromatic heterocycles. The molecule has 5 nitrogen and oxygen atoms in total. The zero-order valence-corrected chi connectivity index (χ0v) is 10.3. The minimum absolute atomic E-state index is 0.179.